The molecule has 2 N–H and O–H groups in total. The third-order valence-corrected chi connectivity index (χ3v) is 2.70. The van der Waals surface area contributed by atoms with Crippen molar-refractivity contribution >= 4 is 17.6 Å². The van der Waals surface area contributed by atoms with E-state index in [0.717, 1.165) is 5.69 Å². The average Bonchev–Trinajstić information content (AvgIpc) is 2.40. The van der Waals surface area contributed by atoms with E-state index in [9.17, 15) is 9.59 Å². The van der Waals surface area contributed by atoms with Crippen molar-refractivity contribution in [2.24, 2.45) is 0 Å². The first-order chi connectivity index (χ1) is 9.54. The topological polar surface area (TPSA) is 87.1 Å². The number of ether oxygens (including phenoxy) is 1. The molecule has 6 heteroatoms. The summed E-state index contributed by atoms with van der Waals surface area (Å²) in [4.78, 5) is 23.1. The van der Waals surface area contributed by atoms with Crippen LogP contribution in [0.25, 0.3) is 0 Å². The third-order valence-electron chi connectivity index (χ3n) is 2.70. The Kier molecular flexibility index (Phi) is 6.36. The molecule has 0 aromatic heterocycles. The van der Waals surface area contributed by atoms with Crippen LogP contribution < -0.4 is 9.64 Å². The smallest absolute Gasteiger partial charge is 0.305 e. The van der Waals surface area contributed by atoms with Crippen molar-refractivity contribution < 1.29 is 24.5 Å². The number of carboxylic acid groups (broad SMARTS) is 2. The summed E-state index contributed by atoms with van der Waals surface area (Å²) in [5.41, 5.74) is 0.719. The molecule has 0 bridgehead atoms. The Labute approximate surface area is 117 Å². The van der Waals surface area contributed by atoms with Gasteiger partial charge in [0.15, 0.2) is 0 Å². The van der Waals surface area contributed by atoms with Crippen LogP contribution in [0.4, 0.5) is 5.69 Å². The summed E-state index contributed by atoms with van der Waals surface area (Å²) in [5.74, 6) is -1.20. The molecule has 1 rings (SSSR count). The minimum absolute atomic E-state index is 0.0555. The number of para-hydroxylation sites is 2. The number of benzene rings is 1. The first kappa shape index (κ1) is 15.8. The Balaban J connectivity index is 2.89. The summed E-state index contributed by atoms with van der Waals surface area (Å²) in [6.07, 6.45) is -0.111. The quantitative estimate of drug-likeness (QED) is 0.718. The van der Waals surface area contributed by atoms with Gasteiger partial charge in [0.25, 0.3) is 0 Å². The number of rotatable bonds is 9. The molecule has 0 fully saturated rings. The first-order valence-electron chi connectivity index (χ1n) is 6.45. The molecule has 0 saturated heterocycles. The van der Waals surface area contributed by atoms with Gasteiger partial charge in [0.05, 0.1) is 25.1 Å². The van der Waals surface area contributed by atoms with Crippen LogP contribution >= 0.6 is 0 Å². The predicted octanol–water partition coefficient (Wildman–Crippen LogP) is 1.84. The summed E-state index contributed by atoms with van der Waals surface area (Å²) in [6, 6.07) is 7.22. The number of carbonyl (C=O) groups is 2. The zero-order chi connectivity index (χ0) is 15.0. The van der Waals surface area contributed by atoms with E-state index in [2.05, 4.69) is 0 Å². The van der Waals surface area contributed by atoms with Crippen LogP contribution in [0, 0.1) is 0 Å². The summed E-state index contributed by atoms with van der Waals surface area (Å²) in [6.45, 7) is 2.83. The number of nitrogens with zero attached hydrogens (tertiary/aromatic N) is 1. The SMILES string of the molecule is CCOc1ccccc1N(CCC(=O)O)CCC(=O)O. The summed E-state index contributed by atoms with van der Waals surface area (Å²) in [7, 11) is 0. The fourth-order valence-electron chi connectivity index (χ4n) is 1.81. The lowest BCUT2D eigenvalue weighted by molar-refractivity contribution is -0.137. The molecule has 0 saturated carbocycles. The van der Waals surface area contributed by atoms with E-state index in [0.29, 0.717) is 12.4 Å². The highest BCUT2D eigenvalue weighted by Gasteiger charge is 2.14. The van der Waals surface area contributed by atoms with Crippen molar-refractivity contribution in [2.45, 2.75) is 19.8 Å². The maximum atomic E-state index is 10.7. The van der Waals surface area contributed by atoms with Crippen LogP contribution in [-0.2, 0) is 9.59 Å². The monoisotopic (exact) mass is 281 g/mol. The molecule has 0 heterocycles. The van der Waals surface area contributed by atoms with Gasteiger partial charge in [-0.1, -0.05) is 12.1 Å². The molecule has 0 aliphatic rings. The number of aliphatic carboxylic acids is 2. The number of anilines is 1. The maximum Gasteiger partial charge on any atom is 0.305 e. The fourth-order valence-corrected chi connectivity index (χ4v) is 1.81. The van der Waals surface area contributed by atoms with Gasteiger partial charge in [-0.05, 0) is 19.1 Å². The van der Waals surface area contributed by atoms with Crippen molar-refractivity contribution in [2.75, 3.05) is 24.6 Å². The minimum atomic E-state index is -0.917. The number of hydrogen-bond acceptors (Lipinski definition) is 4. The van der Waals surface area contributed by atoms with Gasteiger partial charge >= 0.3 is 11.9 Å². The maximum absolute atomic E-state index is 10.7. The average molecular weight is 281 g/mol. The van der Waals surface area contributed by atoms with Crippen molar-refractivity contribution in [1.29, 1.82) is 0 Å². The van der Waals surface area contributed by atoms with Crippen LogP contribution in [0.2, 0.25) is 0 Å². The van der Waals surface area contributed by atoms with Crippen LogP contribution in [0.1, 0.15) is 19.8 Å². The molecule has 0 aliphatic heterocycles. The normalized spacial score (nSPS) is 10.1. The molecular weight excluding hydrogens is 262 g/mol. The van der Waals surface area contributed by atoms with Gasteiger partial charge in [-0.15, -0.1) is 0 Å². The van der Waals surface area contributed by atoms with Crippen molar-refractivity contribution in [3.05, 3.63) is 24.3 Å². The second-order valence-electron chi connectivity index (χ2n) is 4.18. The largest absolute Gasteiger partial charge is 0.492 e. The van der Waals surface area contributed by atoms with E-state index in [4.69, 9.17) is 14.9 Å². The van der Waals surface area contributed by atoms with Gasteiger partial charge in [-0.3, -0.25) is 9.59 Å². The summed E-state index contributed by atoms with van der Waals surface area (Å²) in [5, 5.41) is 17.6. The van der Waals surface area contributed by atoms with E-state index in [1.807, 2.05) is 19.1 Å². The molecule has 0 spiro atoms. The lowest BCUT2D eigenvalue weighted by Crippen LogP contribution is -2.29. The highest BCUT2D eigenvalue weighted by atomic mass is 16.5. The van der Waals surface area contributed by atoms with Crippen LogP contribution in [0.5, 0.6) is 5.75 Å². The first-order valence-corrected chi connectivity index (χ1v) is 6.45. The summed E-state index contributed by atoms with van der Waals surface area (Å²) < 4.78 is 5.50. The molecule has 0 amide bonds. The van der Waals surface area contributed by atoms with E-state index >= 15 is 0 Å². The fraction of sp³-hybridized carbons (Fsp3) is 0.429. The highest BCUT2D eigenvalue weighted by Crippen LogP contribution is 2.28. The molecular formula is C14H19NO5. The van der Waals surface area contributed by atoms with Gasteiger partial charge in [0.2, 0.25) is 0 Å². The second kappa shape index (κ2) is 8.04. The second-order valence-corrected chi connectivity index (χ2v) is 4.18. The van der Waals surface area contributed by atoms with Gasteiger partial charge in [0, 0.05) is 13.1 Å². The molecule has 1 aromatic rings. The molecule has 0 unspecified atom stereocenters. The Morgan fingerprint density at radius 1 is 1.10 bits per heavy atom. The molecule has 0 atom stereocenters. The van der Waals surface area contributed by atoms with E-state index in [1.54, 1.807) is 17.0 Å². The Bertz CT molecular complexity index is 443. The zero-order valence-corrected chi connectivity index (χ0v) is 11.4. The predicted molar refractivity (Wildman–Crippen MR) is 74.3 cm³/mol. The molecule has 1 aromatic carbocycles. The van der Waals surface area contributed by atoms with Crippen LogP contribution in [0.15, 0.2) is 24.3 Å². The van der Waals surface area contributed by atoms with Gasteiger partial charge in [0.1, 0.15) is 5.75 Å². The van der Waals surface area contributed by atoms with Crippen molar-refractivity contribution in [3.8, 4) is 5.75 Å². The van der Waals surface area contributed by atoms with Gasteiger partial charge in [-0.25, -0.2) is 0 Å². The standard InChI is InChI=1S/C14H19NO5/c1-2-20-12-6-4-3-5-11(12)15(9-7-13(16)17)10-8-14(18)19/h3-6H,2,7-10H2,1H3,(H,16,17)(H,18,19). The lowest BCUT2D eigenvalue weighted by atomic mass is 10.2. The number of carboxylic acids is 2. The number of hydrogen-bond donors (Lipinski definition) is 2. The molecule has 0 aliphatic carbocycles. The van der Waals surface area contributed by atoms with Crippen LogP contribution in [0.3, 0.4) is 0 Å². The van der Waals surface area contributed by atoms with Crippen molar-refractivity contribution in [1.82, 2.24) is 0 Å². The molecule has 0 radical (unpaired) electrons. The summed E-state index contributed by atoms with van der Waals surface area (Å²) >= 11 is 0. The molecule has 6 nitrogen and oxygen atoms in total. The van der Waals surface area contributed by atoms with Crippen molar-refractivity contribution in [3.63, 3.8) is 0 Å². The van der Waals surface area contributed by atoms with Gasteiger partial charge < -0.3 is 19.8 Å². The molecule has 20 heavy (non-hydrogen) atoms. The Morgan fingerprint density at radius 2 is 1.65 bits per heavy atom. The Morgan fingerprint density at radius 3 is 2.15 bits per heavy atom. The zero-order valence-electron chi connectivity index (χ0n) is 11.4. The minimum Gasteiger partial charge on any atom is -0.492 e. The van der Waals surface area contributed by atoms with Crippen LogP contribution in [-0.4, -0.2) is 41.8 Å². The molecule has 110 valence electrons. The third kappa shape index (κ3) is 5.17. The Hall–Kier alpha value is -2.24. The van der Waals surface area contributed by atoms with E-state index < -0.39 is 11.9 Å². The van der Waals surface area contributed by atoms with E-state index in [-0.39, 0.29) is 25.9 Å². The van der Waals surface area contributed by atoms with E-state index in [1.165, 1.54) is 0 Å². The van der Waals surface area contributed by atoms with Gasteiger partial charge in [-0.2, -0.15) is 0 Å². The lowest BCUT2D eigenvalue weighted by Gasteiger charge is -2.25. The highest BCUT2D eigenvalue weighted by molar-refractivity contribution is 5.70.